The molecule has 2 aliphatic heterocycles. The predicted octanol–water partition coefficient (Wildman–Crippen LogP) is 0.927. The summed E-state index contributed by atoms with van der Waals surface area (Å²) in [4.78, 5) is 27.7. The van der Waals surface area contributed by atoms with E-state index in [-0.39, 0.29) is 24.9 Å². The van der Waals surface area contributed by atoms with E-state index < -0.39 is 16.1 Å². The quantitative estimate of drug-likeness (QED) is 0.803. The fourth-order valence-corrected chi connectivity index (χ4v) is 5.64. The van der Waals surface area contributed by atoms with Gasteiger partial charge < -0.3 is 15.5 Å². The first-order valence-electron chi connectivity index (χ1n) is 9.60. The van der Waals surface area contributed by atoms with Gasteiger partial charge in [0.05, 0.1) is 10.8 Å². The highest BCUT2D eigenvalue weighted by molar-refractivity contribution is 7.89. The molecule has 9 heteroatoms. The molecule has 1 aromatic rings. The molecule has 0 aromatic heterocycles. The van der Waals surface area contributed by atoms with Crippen molar-refractivity contribution in [2.24, 2.45) is 11.7 Å². The maximum Gasteiger partial charge on any atom is 0.314 e. The summed E-state index contributed by atoms with van der Waals surface area (Å²) in [6.45, 7) is 5.91. The van der Waals surface area contributed by atoms with Gasteiger partial charge in [0.1, 0.15) is 0 Å². The monoisotopic (exact) mass is 408 g/mol. The van der Waals surface area contributed by atoms with E-state index in [0.717, 1.165) is 24.0 Å². The molecule has 0 unspecified atom stereocenters. The first-order chi connectivity index (χ1) is 13.2. The van der Waals surface area contributed by atoms with Gasteiger partial charge in [0.2, 0.25) is 15.9 Å². The molecule has 2 heterocycles. The van der Waals surface area contributed by atoms with Gasteiger partial charge in [-0.1, -0.05) is 17.7 Å². The van der Waals surface area contributed by atoms with Gasteiger partial charge in [-0.25, -0.2) is 13.2 Å². The lowest BCUT2D eigenvalue weighted by Crippen LogP contribution is -2.54. The average molecular weight is 409 g/mol. The molecule has 0 spiro atoms. The van der Waals surface area contributed by atoms with Gasteiger partial charge in [-0.15, -0.1) is 0 Å². The van der Waals surface area contributed by atoms with Gasteiger partial charge >= 0.3 is 6.03 Å². The molecule has 0 radical (unpaired) electrons. The lowest BCUT2D eigenvalue weighted by atomic mass is 9.96. The van der Waals surface area contributed by atoms with E-state index in [9.17, 15) is 18.0 Å². The zero-order valence-corrected chi connectivity index (χ0v) is 17.2. The number of rotatable bonds is 3. The Morgan fingerprint density at radius 1 is 1.04 bits per heavy atom. The number of likely N-dealkylation sites (tertiary alicyclic amines) is 1. The van der Waals surface area contributed by atoms with Gasteiger partial charge in [0.15, 0.2) is 0 Å². The van der Waals surface area contributed by atoms with Crippen molar-refractivity contribution in [3.05, 3.63) is 29.3 Å². The number of hydrogen-bond donors (Lipinski definition) is 1. The molecule has 1 aromatic carbocycles. The maximum absolute atomic E-state index is 13.0. The molecule has 3 rings (SSSR count). The molecule has 3 amide bonds. The number of benzene rings is 1. The minimum atomic E-state index is -3.58. The highest BCUT2D eigenvalue weighted by atomic mass is 32.2. The number of amides is 3. The molecule has 2 N–H and O–H groups in total. The number of piperazine rings is 1. The normalized spacial score (nSPS) is 21.6. The Morgan fingerprint density at radius 3 is 2.32 bits per heavy atom. The smallest absolute Gasteiger partial charge is 0.314 e. The SMILES string of the molecule is Cc1ccc(S(=O)(=O)N2CCN(C(=O)[C@@H]3CCCN(C(N)=O)C3)CC2)c(C)c1. The van der Waals surface area contributed by atoms with Crippen LogP contribution in [0.3, 0.4) is 0 Å². The second-order valence-corrected chi connectivity index (χ2v) is 9.53. The number of urea groups is 1. The van der Waals surface area contributed by atoms with Crippen LogP contribution in [0.5, 0.6) is 0 Å². The van der Waals surface area contributed by atoms with E-state index >= 15 is 0 Å². The third kappa shape index (κ3) is 4.15. The topological polar surface area (TPSA) is 104 Å². The summed E-state index contributed by atoms with van der Waals surface area (Å²) in [7, 11) is -3.58. The number of sulfonamides is 1. The van der Waals surface area contributed by atoms with Crippen LogP contribution in [0.1, 0.15) is 24.0 Å². The zero-order valence-electron chi connectivity index (χ0n) is 16.4. The van der Waals surface area contributed by atoms with E-state index in [2.05, 4.69) is 0 Å². The third-order valence-corrected chi connectivity index (χ3v) is 7.64. The number of hydrogen-bond acceptors (Lipinski definition) is 4. The number of nitrogens with zero attached hydrogens (tertiary/aromatic N) is 3. The van der Waals surface area contributed by atoms with Crippen LogP contribution in [0, 0.1) is 19.8 Å². The molecule has 0 aliphatic carbocycles. The van der Waals surface area contributed by atoms with E-state index in [4.69, 9.17) is 5.73 Å². The van der Waals surface area contributed by atoms with E-state index in [0.29, 0.717) is 31.1 Å². The molecule has 1 atom stereocenters. The summed E-state index contributed by atoms with van der Waals surface area (Å²) in [5.41, 5.74) is 7.09. The van der Waals surface area contributed by atoms with Gasteiger partial charge in [-0.05, 0) is 38.3 Å². The molecular weight excluding hydrogens is 380 g/mol. The fourth-order valence-electron chi connectivity index (χ4n) is 4.01. The molecule has 0 bridgehead atoms. The second kappa shape index (κ2) is 8.08. The Labute approximate surface area is 166 Å². The Kier molecular flexibility index (Phi) is 5.95. The summed E-state index contributed by atoms with van der Waals surface area (Å²) in [5.74, 6) is -0.279. The van der Waals surface area contributed by atoms with Crippen molar-refractivity contribution in [2.45, 2.75) is 31.6 Å². The molecule has 0 saturated carbocycles. The Balaban J connectivity index is 1.64. The molecule has 154 valence electrons. The first kappa shape index (κ1) is 20.6. The van der Waals surface area contributed by atoms with Crippen LogP contribution in [0.4, 0.5) is 4.79 Å². The lowest BCUT2D eigenvalue weighted by Gasteiger charge is -2.38. The molecule has 8 nitrogen and oxygen atoms in total. The minimum absolute atomic E-state index is 0.0190. The van der Waals surface area contributed by atoms with Gasteiger partial charge in [-0.2, -0.15) is 4.31 Å². The highest BCUT2D eigenvalue weighted by Gasteiger charge is 2.35. The van der Waals surface area contributed by atoms with Crippen LogP contribution >= 0.6 is 0 Å². The van der Waals surface area contributed by atoms with Crippen molar-refractivity contribution in [1.82, 2.24) is 14.1 Å². The zero-order chi connectivity index (χ0) is 20.5. The third-order valence-electron chi connectivity index (χ3n) is 5.58. The molecule has 2 fully saturated rings. The van der Waals surface area contributed by atoms with Crippen LogP contribution < -0.4 is 5.73 Å². The molecule has 2 saturated heterocycles. The summed E-state index contributed by atoms with van der Waals surface area (Å²) in [5, 5.41) is 0. The summed E-state index contributed by atoms with van der Waals surface area (Å²) < 4.78 is 27.4. The van der Waals surface area contributed by atoms with E-state index in [1.165, 1.54) is 9.21 Å². The second-order valence-electron chi connectivity index (χ2n) is 7.62. The van der Waals surface area contributed by atoms with Crippen LogP contribution in [0.25, 0.3) is 0 Å². The van der Waals surface area contributed by atoms with Crippen LogP contribution in [0.15, 0.2) is 23.1 Å². The van der Waals surface area contributed by atoms with Crippen LogP contribution in [0.2, 0.25) is 0 Å². The summed E-state index contributed by atoms with van der Waals surface area (Å²) in [6, 6.07) is 4.81. The van der Waals surface area contributed by atoms with E-state index in [1.54, 1.807) is 24.0 Å². The van der Waals surface area contributed by atoms with E-state index in [1.807, 2.05) is 13.0 Å². The first-order valence-corrected chi connectivity index (χ1v) is 11.0. The lowest BCUT2D eigenvalue weighted by molar-refractivity contribution is -0.138. The highest BCUT2D eigenvalue weighted by Crippen LogP contribution is 2.24. The van der Waals surface area contributed by atoms with Crippen molar-refractivity contribution in [3.8, 4) is 0 Å². The number of nitrogens with two attached hydrogens (primary N) is 1. The van der Waals surface area contributed by atoms with Crippen molar-refractivity contribution in [2.75, 3.05) is 39.3 Å². The van der Waals surface area contributed by atoms with Crippen molar-refractivity contribution < 1.29 is 18.0 Å². The average Bonchev–Trinajstić information content (AvgIpc) is 2.67. The Bertz CT molecular complexity index is 863. The Morgan fingerprint density at radius 2 is 1.71 bits per heavy atom. The van der Waals surface area contributed by atoms with Gasteiger partial charge in [0, 0.05) is 39.3 Å². The predicted molar refractivity (Wildman–Crippen MR) is 105 cm³/mol. The number of carbonyl (C=O) groups is 2. The largest absolute Gasteiger partial charge is 0.351 e. The van der Waals surface area contributed by atoms with Crippen LogP contribution in [-0.2, 0) is 14.8 Å². The Hall–Kier alpha value is -2.13. The van der Waals surface area contributed by atoms with Crippen LogP contribution in [-0.4, -0.2) is 73.7 Å². The summed E-state index contributed by atoms with van der Waals surface area (Å²) in [6.07, 6.45) is 1.48. The summed E-state index contributed by atoms with van der Waals surface area (Å²) >= 11 is 0. The van der Waals surface area contributed by atoms with Crippen molar-refractivity contribution in [3.63, 3.8) is 0 Å². The van der Waals surface area contributed by atoms with Gasteiger partial charge in [0.25, 0.3) is 0 Å². The van der Waals surface area contributed by atoms with Crippen molar-refractivity contribution in [1.29, 1.82) is 0 Å². The number of piperidine rings is 1. The number of carbonyl (C=O) groups excluding carboxylic acids is 2. The fraction of sp³-hybridized carbons (Fsp3) is 0.579. The molecule has 2 aliphatic rings. The number of aryl methyl sites for hydroxylation is 2. The minimum Gasteiger partial charge on any atom is -0.351 e. The number of primary amides is 1. The molecule has 28 heavy (non-hydrogen) atoms. The maximum atomic E-state index is 13.0. The molecular formula is C19H28N4O4S. The van der Waals surface area contributed by atoms with Gasteiger partial charge in [-0.3, -0.25) is 4.79 Å². The standard InChI is InChI=1S/C19H28N4O4S/c1-14-5-6-17(15(2)12-14)28(26,27)23-10-8-21(9-11-23)18(24)16-4-3-7-22(13-16)19(20)25/h5-6,12,16H,3-4,7-11,13H2,1-2H3,(H2,20,25)/t16-/m1/s1. The van der Waals surface area contributed by atoms with Crippen molar-refractivity contribution >= 4 is 22.0 Å².